The zero-order valence-corrected chi connectivity index (χ0v) is 12.3. The molecular weight excluding hydrogens is 338 g/mol. The molecule has 0 radical (unpaired) electrons. The summed E-state index contributed by atoms with van der Waals surface area (Å²) in [6, 6.07) is 13.1. The zero-order valence-electron chi connectivity index (χ0n) is 9.10. The molecule has 2 aromatic carbocycles. The SMILES string of the molecule is O=S(=O)(Nc1cc(Cl)ccc1Br)c1ccccc1. The molecule has 2 rings (SSSR count). The molecule has 94 valence electrons. The number of anilines is 1. The van der Waals surface area contributed by atoms with Gasteiger partial charge < -0.3 is 0 Å². The molecule has 2 aromatic rings. The second kappa shape index (κ2) is 5.30. The van der Waals surface area contributed by atoms with Crippen LogP contribution in [0.15, 0.2) is 57.9 Å². The van der Waals surface area contributed by atoms with Crippen LogP contribution in [0.3, 0.4) is 0 Å². The molecule has 1 N–H and O–H groups in total. The van der Waals surface area contributed by atoms with E-state index < -0.39 is 10.0 Å². The van der Waals surface area contributed by atoms with Crippen LogP contribution in [0.1, 0.15) is 0 Å². The smallest absolute Gasteiger partial charge is 0.261 e. The number of nitrogens with one attached hydrogen (secondary N) is 1. The fraction of sp³-hybridized carbons (Fsp3) is 0. The third-order valence-corrected chi connectivity index (χ3v) is 4.53. The Morgan fingerprint density at radius 3 is 2.39 bits per heavy atom. The van der Waals surface area contributed by atoms with Gasteiger partial charge in [-0.2, -0.15) is 0 Å². The minimum Gasteiger partial charge on any atom is -0.278 e. The first kappa shape index (κ1) is 13.4. The van der Waals surface area contributed by atoms with Gasteiger partial charge in [0.05, 0.1) is 10.6 Å². The van der Waals surface area contributed by atoms with E-state index in [4.69, 9.17) is 11.6 Å². The van der Waals surface area contributed by atoms with Crippen molar-refractivity contribution in [3.8, 4) is 0 Å². The van der Waals surface area contributed by atoms with Crippen molar-refractivity contribution < 1.29 is 8.42 Å². The summed E-state index contributed by atoms with van der Waals surface area (Å²) in [7, 11) is -3.59. The maximum atomic E-state index is 12.1. The van der Waals surface area contributed by atoms with Crippen molar-refractivity contribution >= 4 is 43.2 Å². The fourth-order valence-corrected chi connectivity index (χ4v) is 3.12. The van der Waals surface area contributed by atoms with Crippen LogP contribution in [-0.2, 0) is 10.0 Å². The van der Waals surface area contributed by atoms with Gasteiger partial charge in [-0.15, -0.1) is 0 Å². The van der Waals surface area contributed by atoms with Crippen LogP contribution in [0.4, 0.5) is 5.69 Å². The Bertz CT molecular complexity index is 659. The largest absolute Gasteiger partial charge is 0.278 e. The lowest BCUT2D eigenvalue weighted by Gasteiger charge is -2.09. The lowest BCUT2D eigenvalue weighted by atomic mass is 10.3. The van der Waals surface area contributed by atoms with Crippen LogP contribution in [0.5, 0.6) is 0 Å². The van der Waals surface area contributed by atoms with Gasteiger partial charge in [-0.3, -0.25) is 4.72 Å². The second-order valence-corrected chi connectivity index (χ2v) is 6.52. The van der Waals surface area contributed by atoms with E-state index in [-0.39, 0.29) is 4.90 Å². The molecule has 0 amide bonds. The van der Waals surface area contributed by atoms with Gasteiger partial charge in [0, 0.05) is 9.50 Å². The third-order valence-electron chi connectivity index (χ3n) is 2.23. The highest BCUT2D eigenvalue weighted by atomic mass is 79.9. The maximum absolute atomic E-state index is 12.1. The van der Waals surface area contributed by atoms with Crippen molar-refractivity contribution in [2.24, 2.45) is 0 Å². The van der Waals surface area contributed by atoms with E-state index in [0.29, 0.717) is 15.2 Å². The van der Waals surface area contributed by atoms with Crippen LogP contribution in [0.2, 0.25) is 5.02 Å². The van der Waals surface area contributed by atoms with E-state index in [0.717, 1.165) is 0 Å². The molecule has 0 spiro atoms. The summed E-state index contributed by atoms with van der Waals surface area (Å²) in [6.45, 7) is 0. The average Bonchev–Trinajstić information content (AvgIpc) is 2.35. The lowest BCUT2D eigenvalue weighted by molar-refractivity contribution is 0.601. The van der Waals surface area contributed by atoms with E-state index in [1.165, 1.54) is 12.1 Å². The number of hydrogen-bond acceptors (Lipinski definition) is 2. The monoisotopic (exact) mass is 345 g/mol. The molecule has 0 unspecified atom stereocenters. The maximum Gasteiger partial charge on any atom is 0.261 e. The molecule has 0 fully saturated rings. The zero-order chi connectivity index (χ0) is 13.2. The van der Waals surface area contributed by atoms with Crippen LogP contribution in [0.25, 0.3) is 0 Å². The summed E-state index contributed by atoms with van der Waals surface area (Å²) >= 11 is 9.11. The summed E-state index contributed by atoms with van der Waals surface area (Å²) < 4.78 is 27.3. The molecule has 18 heavy (non-hydrogen) atoms. The van der Waals surface area contributed by atoms with Gasteiger partial charge in [-0.1, -0.05) is 29.8 Å². The van der Waals surface area contributed by atoms with Gasteiger partial charge in [0.1, 0.15) is 0 Å². The first-order valence-corrected chi connectivity index (χ1v) is 7.67. The molecular formula is C12H9BrClNO2S. The van der Waals surface area contributed by atoms with Gasteiger partial charge >= 0.3 is 0 Å². The molecule has 0 aliphatic rings. The highest BCUT2D eigenvalue weighted by Crippen LogP contribution is 2.27. The van der Waals surface area contributed by atoms with E-state index in [9.17, 15) is 8.42 Å². The number of hydrogen-bond donors (Lipinski definition) is 1. The summed E-state index contributed by atoms with van der Waals surface area (Å²) in [6.07, 6.45) is 0. The summed E-state index contributed by atoms with van der Waals surface area (Å²) in [4.78, 5) is 0.205. The van der Waals surface area contributed by atoms with E-state index in [2.05, 4.69) is 20.7 Å². The second-order valence-electron chi connectivity index (χ2n) is 3.54. The molecule has 0 bridgehead atoms. The number of halogens is 2. The Kier molecular flexibility index (Phi) is 3.94. The summed E-state index contributed by atoms with van der Waals surface area (Å²) in [5.74, 6) is 0. The van der Waals surface area contributed by atoms with Crippen molar-refractivity contribution in [3.63, 3.8) is 0 Å². The molecule has 0 aromatic heterocycles. The Morgan fingerprint density at radius 2 is 1.72 bits per heavy atom. The molecule has 0 saturated carbocycles. The molecule has 0 aliphatic carbocycles. The highest BCUT2D eigenvalue weighted by molar-refractivity contribution is 9.10. The average molecular weight is 347 g/mol. The Hall–Kier alpha value is -1.04. The van der Waals surface area contributed by atoms with Gasteiger partial charge in [0.25, 0.3) is 10.0 Å². The number of rotatable bonds is 3. The first-order valence-electron chi connectivity index (χ1n) is 5.02. The Balaban J connectivity index is 2.37. The van der Waals surface area contributed by atoms with Crippen LogP contribution in [-0.4, -0.2) is 8.42 Å². The summed E-state index contributed by atoms with van der Waals surface area (Å²) in [5.41, 5.74) is 0.409. The van der Waals surface area contributed by atoms with Gasteiger partial charge in [-0.25, -0.2) is 8.42 Å². The third kappa shape index (κ3) is 3.04. The Morgan fingerprint density at radius 1 is 1.06 bits per heavy atom. The Labute approximate surface area is 119 Å². The predicted octanol–water partition coefficient (Wildman–Crippen LogP) is 3.90. The van der Waals surface area contributed by atoms with Crippen LogP contribution < -0.4 is 4.72 Å². The minimum atomic E-state index is -3.59. The highest BCUT2D eigenvalue weighted by Gasteiger charge is 2.15. The number of sulfonamides is 1. The van der Waals surface area contributed by atoms with Gasteiger partial charge in [-0.05, 0) is 46.3 Å². The first-order chi connectivity index (χ1) is 8.49. The van der Waals surface area contributed by atoms with Crippen molar-refractivity contribution in [1.29, 1.82) is 0 Å². The summed E-state index contributed by atoms with van der Waals surface area (Å²) in [5, 5.41) is 0.462. The number of benzene rings is 2. The van der Waals surface area contributed by atoms with Crippen molar-refractivity contribution in [2.75, 3.05) is 4.72 Å². The van der Waals surface area contributed by atoms with E-state index in [1.807, 2.05) is 0 Å². The molecule has 0 aliphatic heterocycles. The van der Waals surface area contributed by atoms with Crippen LogP contribution >= 0.6 is 27.5 Å². The van der Waals surface area contributed by atoms with E-state index in [1.54, 1.807) is 36.4 Å². The van der Waals surface area contributed by atoms with Crippen molar-refractivity contribution in [2.45, 2.75) is 4.90 Å². The molecule has 0 saturated heterocycles. The van der Waals surface area contributed by atoms with Gasteiger partial charge in [0.15, 0.2) is 0 Å². The standard InChI is InChI=1S/C12H9BrClNO2S/c13-11-7-6-9(14)8-12(11)15-18(16,17)10-4-2-1-3-5-10/h1-8,15H. The van der Waals surface area contributed by atoms with Gasteiger partial charge in [0.2, 0.25) is 0 Å². The predicted molar refractivity (Wildman–Crippen MR) is 76.4 cm³/mol. The van der Waals surface area contributed by atoms with Crippen LogP contribution in [0, 0.1) is 0 Å². The molecule has 0 atom stereocenters. The quantitative estimate of drug-likeness (QED) is 0.916. The molecule has 3 nitrogen and oxygen atoms in total. The van der Waals surface area contributed by atoms with E-state index >= 15 is 0 Å². The normalized spacial score (nSPS) is 11.2. The molecule has 6 heteroatoms. The fourth-order valence-electron chi connectivity index (χ4n) is 1.38. The van der Waals surface area contributed by atoms with Crippen molar-refractivity contribution in [3.05, 3.63) is 58.0 Å². The lowest BCUT2D eigenvalue weighted by Crippen LogP contribution is -2.13. The topological polar surface area (TPSA) is 46.2 Å². The van der Waals surface area contributed by atoms with Crippen molar-refractivity contribution in [1.82, 2.24) is 0 Å². The minimum absolute atomic E-state index is 0.205. The molecule has 0 heterocycles.